The van der Waals surface area contributed by atoms with Gasteiger partial charge in [-0.2, -0.15) is 0 Å². The zero-order valence-electron chi connectivity index (χ0n) is 14.1. The molecule has 2 rings (SSSR count). The van der Waals surface area contributed by atoms with E-state index in [1.54, 1.807) is 25.1 Å². The number of benzene rings is 1. The second-order valence-corrected chi connectivity index (χ2v) is 6.60. The molecule has 0 unspecified atom stereocenters. The largest absolute Gasteiger partial charge is 0.366 e. The smallest absolute Gasteiger partial charge is 0.251 e. The van der Waals surface area contributed by atoms with Gasteiger partial charge in [0, 0.05) is 12.2 Å². The first-order valence-electron chi connectivity index (χ1n) is 7.79. The molecule has 0 saturated heterocycles. The van der Waals surface area contributed by atoms with Gasteiger partial charge >= 0.3 is 0 Å². The van der Waals surface area contributed by atoms with Crippen molar-refractivity contribution < 1.29 is 14.0 Å². The number of thioether (sulfide) groups is 1. The molecule has 1 aromatic heterocycles. The molecule has 2 amide bonds. The van der Waals surface area contributed by atoms with Crippen molar-refractivity contribution in [1.29, 1.82) is 0 Å². The molecule has 5 nitrogen and oxygen atoms in total. The summed E-state index contributed by atoms with van der Waals surface area (Å²) >= 11 is 1.19. The van der Waals surface area contributed by atoms with E-state index >= 15 is 0 Å². The molecular weight excluding hydrogens is 341 g/mol. The highest BCUT2D eigenvalue weighted by Crippen LogP contribution is 2.23. The molecule has 7 heteroatoms. The van der Waals surface area contributed by atoms with Crippen LogP contribution in [0.2, 0.25) is 0 Å². The van der Waals surface area contributed by atoms with Gasteiger partial charge in [-0.3, -0.25) is 9.59 Å². The molecule has 0 fully saturated rings. The highest BCUT2D eigenvalue weighted by atomic mass is 32.2. The first-order valence-corrected chi connectivity index (χ1v) is 8.77. The van der Waals surface area contributed by atoms with Crippen LogP contribution >= 0.6 is 11.8 Å². The molecule has 2 aromatic rings. The van der Waals surface area contributed by atoms with Crippen LogP contribution in [0.5, 0.6) is 0 Å². The van der Waals surface area contributed by atoms with E-state index in [2.05, 4.69) is 10.3 Å². The number of carbonyl (C=O) groups excluding carboxylic acids is 2. The summed E-state index contributed by atoms with van der Waals surface area (Å²) in [5.74, 6) is -0.859. The van der Waals surface area contributed by atoms with Gasteiger partial charge in [-0.05, 0) is 49.6 Å². The minimum absolute atomic E-state index is 0.138. The number of carbonyl (C=O) groups is 2. The number of aromatic nitrogens is 1. The average molecular weight is 361 g/mol. The number of pyridine rings is 1. The molecule has 0 saturated carbocycles. The van der Waals surface area contributed by atoms with Crippen LogP contribution in [0.15, 0.2) is 35.4 Å². The summed E-state index contributed by atoms with van der Waals surface area (Å²) in [5.41, 5.74) is 8.22. The minimum Gasteiger partial charge on any atom is -0.366 e. The molecule has 1 aromatic carbocycles. The van der Waals surface area contributed by atoms with Crippen molar-refractivity contribution >= 4 is 23.6 Å². The lowest BCUT2D eigenvalue weighted by Gasteiger charge is -2.10. The van der Waals surface area contributed by atoms with E-state index in [1.807, 2.05) is 6.92 Å². The zero-order chi connectivity index (χ0) is 18.4. The molecule has 3 N–H and O–H groups in total. The van der Waals surface area contributed by atoms with Gasteiger partial charge in [-0.15, -0.1) is 0 Å². The van der Waals surface area contributed by atoms with Crippen LogP contribution in [0, 0.1) is 19.7 Å². The van der Waals surface area contributed by atoms with E-state index in [1.165, 1.54) is 23.9 Å². The number of hydrogen-bond acceptors (Lipinski definition) is 4. The molecule has 1 heterocycles. The molecule has 0 atom stereocenters. The van der Waals surface area contributed by atoms with Gasteiger partial charge in [-0.1, -0.05) is 23.9 Å². The zero-order valence-corrected chi connectivity index (χ0v) is 15.0. The fraction of sp³-hybridized carbons (Fsp3) is 0.278. The van der Waals surface area contributed by atoms with Crippen LogP contribution in [0.4, 0.5) is 4.39 Å². The fourth-order valence-electron chi connectivity index (χ4n) is 2.39. The third kappa shape index (κ3) is 5.56. The number of rotatable bonds is 7. The Bertz CT molecular complexity index is 779. The van der Waals surface area contributed by atoms with Crippen molar-refractivity contribution in [2.45, 2.75) is 25.3 Å². The van der Waals surface area contributed by atoms with E-state index in [0.29, 0.717) is 23.6 Å². The van der Waals surface area contributed by atoms with Crippen molar-refractivity contribution in [3.8, 4) is 0 Å². The lowest BCUT2D eigenvalue weighted by atomic mass is 10.1. The van der Waals surface area contributed by atoms with Gasteiger partial charge < -0.3 is 11.1 Å². The van der Waals surface area contributed by atoms with Crippen LogP contribution in [-0.2, 0) is 11.2 Å². The Labute approximate surface area is 150 Å². The predicted octanol–water partition coefficient (Wildman–Crippen LogP) is 2.39. The van der Waals surface area contributed by atoms with Gasteiger partial charge in [-0.25, -0.2) is 9.37 Å². The molecule has 132 valence electrons. The maximum Gasteiger partial charge on any atom is 0.251 e. The Balaban J connectivity index is 1.87. The number of nitrogens with zero attached hydrogens (tertiary/aromatic N) is 1. The van der Waals surface area contributed by atoms with E-state index in [0.717, 1.165) is 16.8 Å². The summed E-state index contributed by atoms with van der Waals surface area (Å²) in [4.78, 5) is 27.9. The number of aryl methyl sites for hydroxylation is 2. The highest BCUT2D eigenvalue weighted by Gasteiger charge is 2.15. The molecule has 0 radical (unpaired) electrons. The van der Waals surface area contributed by atoms with E-state index in [-0.39, 0.29) is 17.5 Å². The number of amides is 2. The Hall–Kier alpha value is -2.41. The monoisotopic (exact) mass is 361 g/mol. The van der Waals surface area contributed by atoms with Crippen molar-refractivity contribution in [3.63, 3.8) is 0 Å². The fourth-order valence-corrected chi connectivity index (χ4v) is 3.37. The Morgan fingerprint density at radius 3 is 2.56 bits per heavy atom. The molecule has 25 heavy (non-hydrogen) atoms. The third-order valence-corrected chi connectivity index (χ3v) is 4.52. The molecule has 0 aliphatic rings. The Morgan fingerprint density at radius 2 is 1.92 bits per heavy atom. The lowest BCUT2D eigenvalue weighted by Crippen LogP contribution is -2.27. The predicted molar refractivity (Wildman–Crippen MR) is 96.1 cm³/mol. The molecule has 0 spiro atoms. The molecule has 0 bridgehead atoms. The van der Waals surface area contributed by atoms with Crippen LogP contribution in [0.25, 0.3) is 0 Å². The normalized spacial score (nSPS) is 10.5. The summed E-state index contributed by atoms with van der Waals surface area (Å²) < 4.78 is 12.8. The van der Waals surface area contributed by atoms with Gasteiger partial charge in [0.05, 0.1) is 11.3 Å². The first kappa shape index (κ1) is 18.9. The van der Waals surface area contributed by atoms with Gasteiger partial charge in [0.25, 0.3) is 5.91 Å². The summed E-state index contributed by atoms with van der Waals surface area (Å²) in [6.45, 7) is 4.07. The minimum atomic E-state index is -0.552. The molecule has 0 aliphatic heterocycles. The Kier molecular flexibility index (Phi) is 6.52. The second-order valence-electron chi connectivity index (χ2n) is 5.64. The summed E-state index contributed by atoms with van der Waals surface area (Å²) in [6.07, 6.45) is 0.616. The number of primary amides is 1. The first-order chi connectivity index (χ1) is 11.9. The van der Waals surface area contributed by atoms with Crippen LogP contribution in [0.3, 0.4) is 0 Å². The average Bonchev–Trinajstić information content (AvgIpc) is 2.53. The highest BCUT2D eigenvalue weighted by molar-refractivity contribution is 8.00. The number of halogens is 1. The third-order valence-electron chi connectivity index (χ3n) is 3.55. The van der Waals surface area contributed by atoms with Crippen molar-refractivity contribution in [3.05, 3.63) is 58.5 Å². The Morgan fingerprint density at radius 1 is 1.24 bits per heavy atom. The lowest BCUT2D eigenvalue weighted by molar-refractivity contribution is -0.118. The maximum atomic E-state index is 12.8. The molecular formula is C18H20FN3O2S. The van der Waals surface area contributed by atoms with Gasteiger partial charge in [0.15, 0.2) is 0 Å². The summed E-state index contributed by atoms with van der Waals surface area (Å²) in [7, 11) is 0. The van der Waals surface area contributed by atoms with Crippen molar-refractivity contribution in [2.24, 2.45) is 5.73 Å². The topological polar surface area (TPSA) is 85.1 Å². The number of hydrogen-bond donors (Lipinski definition) is 2. The van der Waals surface area contributed by atoms with Gasteiger partial charge in [0.1, 0.15) is 10.8 Å². The number of nitrogens with one attached hydrogen (secondary N) is 1. The van der Waals surface area contributed by atoms with Crippen LogP contribution in [-0.4, -0.2) is 29.1 Å². The summed E-state index contributed by atoms with van der Waals surface area (Å²) in [6, 6.07) is 7.95. The van der Waals surface area contributed by atoms with E-state index in [4.69, 9.17) is 5.73 Å². The quantitative estimate of drug-likeness (QED) is 0.742. The molecule has 0 aliphatic carbocycles. The van der Waals surface area contributed by atoms with E-state index in [9.17, 15) is 14.0 Å². The summed E-state index contributed by atoms with van der Waals surface area (Å²) in [5, 5.41) is 3.27. The van der Waals surface area contributed by atoms with Crippen LogP contribution < -0.4 is 11.1 Å². The maximum absolute atomic E-state index is 12.8. The van der Waals surface area contributed by atoms with E-state index < -0.39 is 5.91 Å². The van der Waals surface area contributed by atoms with Crippen LogP contribution in [0.1, 0.15) is 27.2 Å². The van der Waals surface area contributed by atoms with Crippen molar-refractivity contribution in [1.82, 2.24) is 10.3 Å². The standard InChI is InChI=1S/C18H20FN3O2S/c1-11-9-12(2)22-18(16(11)17(20)24)25-10-15(23)21-8-7-13-3-5-14(19)6-4-13/h3-6,9H,7-8,10H2,1-2H3,(H2,20,24)(H,21,23). The SMILES string of the molecule is Cc1cc(C)c(C(N)=O)c(SCC(=O)NCCc2ccc(F)cc2)n1. The number of nitrogens with two attached hydrogens (primary N) is 1. The van der Waals surface area contributed by atoms with Gasteiger partial charge in [0.2, 0.25) is 5.91 Å². The second kappa shape index (κ2) is 8.62. The van der Waals surface area contributed by atoms with Crippen molar-refractivity contribution in [2.75, 3.05) is 12.3 Å².